The van der Waals surface area contributed by atoms with E-state index in [0.717, 1.165) is 10.0 Å². The van der Waals surface area contributed by atoms with Crippen LogP contribution < -0.4 is 5.73 Å². The second kappa shape index (κ2) is 3.61. The van der Waals surface area contributed by atoms with Gasteiger partial charge in [-0.1, -0.05) is 28.1 Å². The maximum absolute atomic E-state index is 11.1. The fourth-order valence-electron chi connectivity index (χ4n) is 2.01. The van der Waals surface area contributed by atoms with E-state index < -0.39 is 11.4 Å². The maximum atomic E-state index is 11.1. The minimum Gasteiger partial charge on any atom is -0.481 e. The molecule has 0 bridgehead atoms. The molecule has 15 heavy (non-hydrogen) atoms. The van der Waals surface area contributed by atoms with E-state index in [1.54, 1.807) is 0 Å². The smallest absolute Gasteiger partial charge is 0.311 e. The van der Waals surface area contributed by atoms with Crippen molar-refractivity contribution in [1.82, 2.24) is 0 Å². The average Bonchev–Trinajstić information content (AvgIpc) is 2.93. The fraction of sp³-hybridized carbons (Fsp3) is 0.364. The number of carbonyl (C=O) groups is 1. The normalized spacial score (nSPS) is 28.8. The Balaban J connectivity index is 2.26. The number of carboxylic acid groups (broad SMARTS) is 1. The predicted octanol–water partition coefficient (Wildman–Crippen LogP) is 1.97. The van der Waals surface area contributed by atoms with Gasteiger partial charge in [-0.05, 0) is 24.1 Å². The number of rotatable bonds is 3. The lowest BCUT2D eigenvalue weighted by molar-refractivity contribution is -0.143. The monoisotopic (exact) mass is 269 g/mol. The van der Waals surface area contributed by atoms with Crippen molar-refractivity contribution in [3.63, 3.8) is 0 Å². The van der Waals surface area contributed by atoms with Crippen LogP contribution in [0.2, 0.25) is 0 Å². The summed E-state index contributed by atoms with van der Waals surface area (Å²) in [6.07, 6.45) is 0.648. The van der Waals surface area contributed by atoms with Crippen molar-refractivity contribution in [2.45, 2.75) is 12.3 Å². The highest BCUT2D eigenvalue weighted by Gasteiger charge is 2.59. The van der Waals surface area contributed by atoms with Crippen molar-refractivity contribution in [2.75, 3.05) is 6.54 Å². The molecule has 0 aliphatic heterocycles. The molecule has 1 fully saturated rings. The third kappa shape index (κ3) is 1.68. The number of hydrogen-bond acceptors (Lipinski definition) is 2. The third-order valence-corrected chi connectivity index (χ3v) is 3.61. The topological polar surface area (TPSA) is 63.3 Å². The van der Waals surface area contributed by atoms with E-state index in [4.69, 9.17) is 10.8 Å². The zero-order valence-corrected chi connectivity index (χ0v) is 9.70. The van der Waals surface area contributed by atoms with Crippen molar-refractivity contribution >= 4 is 21.9 Å². The first-order valence-electron chi connectivity index (χ1n) is 4.79. The highest BCUT2D eigenvalue weighted by atomic mass is 79.9. The Morgan fingerprint density at radius 1 is 1.67 bits per heavy atom. The SMILES string of the molecule is NCC1(C(=O)O)CC1c1cccc(Br)c1. The Morgan fingerprint density at radius 3 is 2.87 bits per heavy atom. The molecule has 4 heteroatoms. The van der Waals surface area contributed by atoms with Crippen molar-refractivity contribution in [2.24, 2.45) is 11.1 Å². The van der Waals surface area contributed by atoms with Crippen molar-refractivity contribution in [3.8, 4) is 0 Å². The molecule has 0 amide bonds. The Kier molecular flexibility index (Phi) is 2.56. The molecule has 3 N–H and O–H groups in total. The Hall–Kier alpha value is -0.870. The summed E-state index contributed by atoms with van der Waals surface area (Å²) >= 11 is 3.38. The van der Waals surface area contributed by atoms with Crippen molar-refractivity contribution in [3.05, 3.63) is 34.3 Å². The van der Waals surface area contributed by atoms with Gasteiger partial charge in [-0.25, -0.2) is 0 Å². The van der Waals surface area contributed by atoms with Gasteiger partial charge in [0.2, 0.25) is 0 Å². The predicted molar refractivity (Wildman–Crippen MR) is 60.6 cm³/mol. The summed E-state index contributed by atoms with van der Waals surface area (Å²) in [4.78, 5) is 11.1. The van der Waals surface area contributed by atoms with Crippen molar-refractivity contribution < 1.29 is 9.90 Å². The Morgan fingerprint density at radius 2 is 2.40 bits per heavy atom. The van der Waals surface area contributed by atoms with E-state index in [0.29, 0.717) is 6.42 Å². The molecule has 3 nitrogen and oxygen atoms in total. The van der Waals surface area contributed by atoms with Gasteiger partial charge in [0.15, 0.2) is 0 Å². The van der Waals surface area contributed by atoms with Gasteiger partial charge in [-0.15, -0.1) is 0 Å². The summed E-state index contributed by atoms with van der Waals surface area (Å²) in [6.45, 7) is 0.208. The standard InChI is InChI=1S/C11H12BrNO2/c12-8-3-1-2-7(4-8)9-5-11(9,6-13)10(14)15/h1-4,9H,5-6,13H2,(H,14,15). The zero-order chi connectivity index (χ0) is 11.1. The van der Waals surface area contributed by atoms with Crippen molar-refractivity contribution in [1.29, 1.82) is 0 Å². The first-order chi connectivity index (χ1) is 7.10. The van der Waals surface area contributed by atoms with Crippen LogP contribution in [0, 0.1) is 5.41 Å². The first kappa shape index (κ1) is 10.6. The molecular weight excluding hydrogens is 258 g/mol. The largest absolute Gasteiger partial charge is 0.481 e. The Labute approximate surface area is 96.4 Å². The van der Waals surface area contributed by atoms with E-state index in [1.165, 1.54) is 0 Å². The van der Waals surface area contributed by atoms with E-state index >= 15 is 0 Å². The van der Waals surface area contributed by atoms with Crippen LogP contribution in [0.5, 0.6) is 0 Å². The van der Waals surface area contributed by atoms with E-state index in [1.807, 2.05) is 24.3 Å². The molecule has 2 rings (SSSR count). The molecule has 1 aromatic carbocycles. The summed E-state index contributed by atoms with van der Waals surface area (Å²) < 4.78 is 0.975. The lowest BCUT2D eigenvalue weighted by Gasteiger charge is -2.09. The molecule has 0 spiro atoms. The quantitative estimate of drug-likeness (QED) is 0.882. The molecule has 1 aliphatic rings. The van der Waals surface area contributed by atoms with Crippen LogP contribution in [0.25, 0.3) is 0 Å². The Bertz CT molecular complexity index is 407. The average molecular weight is 270 g/mol. The van der Waals surface area contributed by atoms with Gasteiger partial charge in [0.25, 0.3) is 0 Å². The fourth-order valence-corrected chi connectivity index (χ4v) is 2.43. The molecule has 1 aromatic rings. The van der Waals surface area contributed by atoms with Crippen LogP contribution >= 0.6 is 15.9 Å². The van der Waals surface area contributed by atoms with Crippen LogP contribution in [-0.2, 0) is 4.79 Å². The molecule has 0 aromatic heterocycles. The molecule has 0 heterocycles. The lowest BCUT2D eigenvalue weighted by Crippen LogP contribution is -2.26. The van der Waals surface area contributed by atoms with E-state index in [9.17, 15) is 4.79 Å². The van der Waals surface area contributed by atoms with Crippen LogP contribution in [0.3, 0.4) is 0 Å². The zero-order valence-electron chi connectivity index (χ0n) is 8.11. The minimum atomic E-state index is -0.782. The number of nitrogens with two attached hydrogens (primary N) is 1. The molecule has 2 atom stereocenters. The van der Waals surface area contributed by atoms with E-state index in [-0.39, 0.29) is 12.5 Å². The molecule has 0 radical (unpaired) electrons. The second-order valence-corrected chi connectivity index (χ2v) is 4.89. The molecule has 2 unspecified atom stereocenters. The highest BCUT2D eigenvalue weighted by Crippen LogP contribution is 2.58. The summed E-state index contributed by atoms with van der Waals surface area (Å²) in [6, 6.07) is 7.76. The molecule has 1 saturated carbocycles. The van der Waals surface area contributed by atoms with Gasteiger partial charge in [-0.2, -0.15) is 0 Å². The van der Waals surface area contributed by atoms with Gasteiger partial charge in [0.05, 0.1) is 5.41 Å². The first-order valence-corrected chi connectivity index (χ1v) is 5.58. The summed E-state index contributed by atoms with van der Waals surface area (Å²) in [5.41, 5.74) is 5.87. The van der Waals surface area contributed by atoms with Crippen LogP contribution in [0.15, 0.2) is 28.7 Å². The number of benzene rings is 1. The third-order valence-electron chi connectivity index (χ3n) is 3.12. The number of halogens is 1. The molecule has 80 valence electrons. The van der Waals surface area contributed by atoms with Gasteiger partial charge in [0.1, 0.15) is 0 Å². The van der Waals surface area contributed by atoms with Crippen LogP contribution in [-0.4, -0.2) is 17.6 Å². The number of hydrogen-bond donors (Lipinski definition) is 2. The maximum Gasteiger partial charge on any atom is 0.311 e. The lowest BCUT2D eigenvalue weighted by atomic mass is 9.99. The minimum absolute atomic E-state index is 0.0671. The summed E-state index contributed by atoms with van der Waals surface area (Å²) in [7, 11) is 0. The van der Waals surface area contributed by atoms with Crippen LogP contribution in [0.1, 0.15) is 17.9 Å². The molecular formula is C11H12BrNO2. The number of aliphatic carboxylic acids is 1. The highest BCUT2D eigenvalue weighted by molar-refractivity contribution is 9.10. The van der Waals surface area contributed by atoms with Gasteiger partial charge in [0, 0.05) is 16.9 Å². The molecule has 1 aliphatic carbocycles. The van der Waals surface area contributed by atoms with Crippen LogP contribution in [0.4, 0.5) is 0 Å². The van der Waals surface area contributed by atoms with E-state index in [2.05, 4.69) is 15.9 Å². The second-order valence-electron chi connectivity index (χ2n) is 3.98. The van der Waals surface area contributed by atoms with Gasteiger partial charge >= 0.3 is 5.97 Å². The van der Waals surface area contributed by atoms with Gasteiger partial charge in [-0.3, -0.25) is 4.79 Å². The number of carboxylic acids is 1. The molecule has 0 saturated heterocycles. The summed E-state index contributed by atoms with van der Waals surface area (Å²) in [5, 5.41) is 9.11. The van der Waals surface area contributed by atoms with Gasteiger partial charge < -0.3 is 10.8 Å². The summed E-state index contributed by atoms with van der Waals surface area (Å²) in [5.74, 6) is -0.715.